The summed E-state index contributed by atoms with van der Waals surface area (Å²) in [6.07, 6.45) is 4.03. The van der Waals surface area contributed by atoms with Crippen LogP contribution in [0.15, 0.2) is 89.3 Å². The summed E-state index contributed by atoms with van der Waals surface area (Å²) in [6, 6.07) is 15.5. The lowest BCUT2D eigenvalue weighted by molar-refractivity contribution is 0.649. The van der Waals surface area contributed by atoms with Crippen molar-refractivity contribution in [2.24, 2.45) is 20.5 Å². The fourth-order valence-electron chi connectivity index (χ4n) is 2.34. The molecule has 0 aromatic heterocycles. The zero-order valence-corrected chi connectivity index (χ0v) is 16.2. The number of nitrogens with zero attached hydrogens (tertiary/aromatic N) is 4. The van der Waals surface area contributed by atoms with Crippen LogP contribution in [0.2, 0.25) is 0 Å². The molecule has 0 aliphatic heterocycles. The van der Waals surface area contributed by atoms with Crippen molar-refractivity contribution < 1.29 is 0 Å². The first-order valence-corrected chi connectivity index (χ1v) is 9.36. The molecule has 0 unspecified atom stereocenters. The van der Waals surface area contributed by atoms with Crippen LogP contribution in [0.5, 0.6) is 0 Å². The number of hydrogen-bond donors (Lipinski definition) is 0. The van der Waals surface area contributed by atoms with Crippen LogP contribution >= 0.6 is 31.9 Å². The van der Waals surface area contributed by atoms with Crippen LogP contribution in [-0.2, 0) is 0 Å². The standard InChI is InChI=1S/C18H16Br2N4/c19-13-5-9-15(10-6-13)21-23-17-3-1-2-4-18(17)24-22-16-11-7-14(20)8-12-16/h5-12H,1-4H2. The van der Waals surface area contributed by atoms with Gasteiger partial charge in [-0.25, -0.2) is 0 Å². The summed E-state index contributed by atoms with van der Waals surface area (Å²) in [5, 5.41) is 17.5. The van der Waals surface area contributed by atoms with E-state index in [9.17, 15) is 0 Å². The van der Waals surface area contributed by atoms with Crippen molar-refractivity contribution in [3.63, 3.8) is 0 Å². The monoisotopic (exact) mass is 446 g/mol. The van der Waals surface area contributed by atoms with Gasteiger partial charge in [0.2, 0.25) is 0 Å². The van der Waals surface area contributed by atoms with Gasteiger partial charge in [-0.1, -0.05) is 31.9 Å². The molecular weight excluding hydrogens is 432 g/mol. The molecule has 2 aromatic rings. The molecule has 0 fully saturated rings. The van der Waals surface area contributed by atoms with Crippen molar-refractivity contribution in [1.29, 1.82) is 0 Å². The Bertz CT molecular complexity index is 710. The molecule has 0 amide bonds. The summed E-state index contributed by atoms with van der Waals surface area (Å²) in [4.78, 5) is 0. The van der Waals surface area contributed by atoms with E-state index < -0.39 is 0 Å². The minimum absolute atomic E-state index is 0.834. The average Bonchev–Trinajstić information content (AvgIpc) is 2.61. The van der Waals surface area contributed by atoms with Crippen molar-refractivity contribution in [3.8, 4) is 0 Å². The zero-order valence-electron chi connectivity index (χ0n) is 13.0. The minimum atomic E-state index is 0.834. The van der Waals surface area contributed by atoms with E-state index >= 15 is 0 Å². The molecule has 0 saturated carbocycles. The maximum Gasteiger partial charge on any atom is 0.0863 e. The molecule has 0 radical (unpaired) electrons. The fraction of sp³-hybridized carbons (Fsp3) is 0.222. The summed E-state index contributed by atoms with van der Waals surface area (Å²) in [5.41, 5.74) is 3.54. The Balaban J connectivity index is 1.79. The molecular formula is C18H16Br2N4. The summed E-state index contributed by atoms with van der Waals surface area (Å²) in [7, 11) is 0. The Morgan fingerprint density at radius 3 is 1.29 bits per heavy atom. The largest absolute Gasteiger partial charge is 0.153 e. The van der Waals surface area contributed by atoms with Crippen molar-refractivity contribution in [2.75, 3.05) is 0 Å². The van der Waals surface area contributed by atoms with E-state index in [4.69, 9.17) is 0 Å². The lowest BCUT2D eigenvalue weighted by Gasteiger charge is -2.11. The second-order valence-electron chi connectivity index (χ2n) is 5.45. The van der Waals surface area contributed by atoms with Gasteiger partial charge in [-0.15, -0.1) is 0 Å². The molecule has 24 heavy (non-hydrogen) atoms. The van der Waals surface area contributed by atoms with Crippen LogP contribution in [0.4, 0.5) is 11.4 Å². The Morgan fingerprint density at radius 2 is 0.917 bits per heavy atom. The average molecular weight is 448 g/mol. The van der Waals surface area contributed by atoms with Gasteiger partial charge in [0.1, 0.15) is 0 Å². The molecule has 2 aromatic carbocycles. The van der Waals surface area contributed by atoms with Gasteiger partial charge in [0.25, 0.3) is 0 Å². The van der Waals surface area contributed by atoms with Crippen molar-refractivity contribution in [1.82, 2.24) is 0 Å². The van der Waals surface area contributed by atoms with E-state index in [2.05, 4.69) is 52.3 Å². The van der Waals surface area contributed by atoms with Gasteiger partial charge in [-0.3, -0.25) is 0 Å². The van der Waals surface area contributed by atoms with Crippen LogP contribution in [-0.4, -0.2) is 0 Å². The maximum atomic E-state index is 4.42. The summed E-state index contributed by atoms with van der Waals surface area (Å²) in [6.45, 7) is 0. The van der Waals surface area contributed by atoms with Gasteiger partial charge in [0.15, 0.2) is 0 Å². The van der Waals surface area contributed by atoms with E-state index in [1.165, 1.54) is 0 Å². The lowest BCUT2D eigenvalue weighted by Crippen LogP contribution is -1.95. The molecule has 3 rings (SSSR count). The highest BCUT2D eigenvalue weighted by Crippen LogP contribution is 2.29. The Kier molecular flexibility index (Phi) is 6.04. The maximum absolute atomic E-state index is 4.42. The molecule has 1 aliphatic carbocycles. The third-order valence-corrected chi connectivity index (χ3v) is 4.69. The predicted octanol–water partition coefficient (Wildman–Crippen LogP) is 7.86. The zero-order chi connectivity index (χ0) is 16.8. The van der Waals surface area contributed by atoms with Crippen molar-refractivity contribution in [2.45, 2.75) is 25.7 Å². The van der Waals surface area contributed by atoms with Crippen LogP contribution < -0.4 is 0 Å². The molecule has 122 valence electrons. The van der Waals surface area contributed by atoms with E-state index in [0.29, 0.717) is 0 Å². The van der Waals surface area contributed by atoms with E-state index in [0.717, 1.165) is 57.4 Å². The van der Waals surface area contributed by atoms with Crippen LogP contribution in [0, 0.1) is 0 Å². The smallest absolute Gasteiger partial charge is 0.0863 e. The van der Waals surface area contributed by atoms with Crippen LogP contribution in [0.1, 0.15) is 25.7 Å². The Labute approximate surface area is 158 Å². The highest BCUT2D eigenvalue weighted by atomic mass is 79.9. The number of halogens is 2. The highest BCUT2D eigenvalue weighted by Gasteiger charge is 2.12. The normalized spacial score (nSPS) is 15.6. The molecule has 0 spiro atoms. The third-order valence-electron chi connectivity index (χ3n) is 3.64. The fourth-order valence-corrected chi connectivity index (χ4v) is 2.87. The summed E-state index contributed by atoms with van der Waals surface area (Å²) >= 11 is 6.84. The van der Waals surface area contributed by atoms with Crippen molar-refractivity contribution >= 4 is 43.2 Å². The molecule has 0 saturated heterocycles. The van der Waals surface area contributed by atoms with Crippen LogP contribution in [0.3, 0.4) is 0 Å². The number of benzene rings is 2. The van der Waals surface area contributed by atoms with Gasteiger partial charge < -0.3 is 0 Å². The Hall–Kier alpha value is -1.66. The van der Waals surface area contributed by atoms with Gasteiger partial charge in [-0.05, 0) is 74.2 Å². The first kappa shape index (κ1) is 17.2. The van der Waals surface area contributed by atoms with E-state index in [1.807, 2.05) is 48.5 Å². The molecule has 0 atom stereocenters. The van der Waals surface area contributed by atoms with Gasteiger partial charge >= 0.3 is 0 Å². The second-order valence-corrected chi connectivity index (χ2v) is 7.28. The Morgan fingerprint density at radius 1 is 0.542 bits per heavy atom. The molecule has 0 heterocycles. The van der Waals surface area contributed by atoms with Gasteiger partial charge in [0.05, 0.1) is 22.8 Å². The second kappa shape index (κ2) is 8.44. The van der Waals surface area contributed by atoms with E-state index in [1.54, 1.807) is 0 Å². The molecule has 6 heteroatoms. The number of rotatable bonds is 4. The molecule has 0 bridgehead atoms. The summed E-state index contributed by atoms with van der Waals surface area (Å²) in [5.74, 6) is 0. The highest BCUT2D eigenvalue weighted by molar-refractivity contribution is 9.10. The molecule has 0 N–H and O–H groups in total. The number of hydrogen-bond acceptors (Lipinski definition) is 4. The number of azo groups is 2. The number of allylic oxidation sites excluding steroid dienone is 2. The van der Waals surface area contributed by atoms with Crippen LogP contribution in [0.25, 0.3) is 0 Å². The minimum Gasteiger partial charge on any atom is -0.153 e. The lowest BCUT2D eigenvalue weighted by atomic mass is 10.0. The molecule has 1 aliphatic rings. The predicted molar refractivity (Wildman–Crippen MR) is 103 cm³/mol. The SMILES string of the molecule is Brc1ccc(N=NC2=C(N=Nc3ccc(Br)cc3)CCCC2)cc1. The topological polar surface area (TPSA) is 49.4 Å². The summed E-state index contributed by atoms with van der Waals surface area (Å²) < 4.78 is 2.06. The van der Waals surface area contributed by atoms with Gasteiger partial charge in [0, 0.05) is 8.95 Å². The van der Waals surface area contributed by atoms with E-state index in [-0.39, 0.29) is 0 Å². The third kappa shape index (κ3) is 4.92. The first-order chi connectivity index (χ1) is 11.7. The quantitative estimate of drug-likeness (QED) is 0.428. The first-order valence-electron chi connectivity index (χ1n) is 7.77. The van der Waals surface area contributed by atoms with Gasteiger partial charge in [-0.2, -0.15) is 20.5 Å². The van der Waals surface area contributed by atoms with Crippen molar-refractivity contribution in [3.05, 3.63) is 68.9 Å². The molecule has 4 nitrogen and oxygen atoms in total.